The van der Waals surface area contributed by atoms with Gasteiger partial charge >= 0.3 is 42.1 Å². The van der Waals surface area contributed by atoms with Gasteiger partial charge in [-0.05, 0) is 12.7 Å². The first-order valence-electron chi connectivity index (χ1n) is 5.97. The van der Waals surface area contributed by atoms with Crippen molar-refractivity contribution >= 4 is 18.2 Å². The Labute approximate surface area is 152 Å². The number of rotatable bonds is 5. The largest absolute Gasteiger partial charge is 2.00 e. The van der Waals surface area contributed by atoms with E-state index in [9.17, 15) is 4.79 Å². The Bertz CT molecular complexity index is 346. The number of carbonyl (C=O) groups is 1. The Hall–Kier alpha value is -0.133. The SMILES string of the molecule is CC[C-]=NC(C)=[C-]C(C)=O.C[C-]=C(C)N=[C-]CC.[W+2].[W+2]. The molecule has 110 valence electrons. The maximum Gasteiger partial charge on any atom is 2.00 e. The van der Waals surface area contributed by atoms with Crippen LogP contribution in [0, 0.1) is 12.2 Å². The van der Waals surface area contributed by atoms with E-state index in [-0.39, 0.29) is 47.9 Å². The number of aliphatic imine (C=N–C) groups is 2. The van der Waals surface area contributed by atoms with E-state index in [1.54, 1.807) is 6.92 Å². The smallest absolute Gasteiger partial charge is 0.584 e. The second-order valence-electron chi connectivity index (χ2n) is 3.35. The fourth-order valence-corrected chi connectivity index (χ4v) is 0.734. The van der Waals surface area contributed by atoms with Crippen molar-refractivity contribution in [1.29, 1.82) is 0 Å². The Morgan fingerprint density at radius 3 is 1.60 bits per heavy atom. The summed E-state index contributed by atoms with van der Waals surface area (Å²) in [7, 11) is 0. The number of Topliss-reactive ketones (excluding diaryl/α,β-unsaturated/α-hetero) is 1. The van der Waals surface area contributed by atoms with Crippen molar-refractivity contribution in [3.63, 3.8) is 0 Å². The molecule has 20 heavy (non-hydrogen) atoms. The number of allylic oxidation sites excluding steroid dienone is 4. The van der Waals surface area contributed by atoms with Crippen LogP contribution in [-0.4, -0.2) is 18.2 Å². The van der Waals surface area contributed by atoms with Crippen molar-refractivity contribution in [3.05, 3.63) is 23.5 Å². The Morgan fingerprint density at radius 2 is 1.30 bits per heavy atom. The molecule has 0 aromatic carbocycles. The number of hydrogen-bond donors (Lipinski definition) is 0. The number of ketones is 1. The van der Waals surface area contributed by atoms with Gasteiger partial charge in [0.2, 0.25) is 0 Å². The van der Waals surface area contributed by atoms with Crippen LogP contribution in [0.2, 0.25) is 0 Å². The van der Waals surface area contributed by atoms with Gasteiger partial charge in [-0.1, -0.05) is 26.7 Å². The molecule has 0 radical (unpaired) electrons. The molecule has 5 heteroatoms. The van der Waals surface area contributed by atoms with E-state index < -0.39 is 0 Å². The average molecular weight is 614 g/mol. The van der Waals surface area contributed by atoms with Crippen LogP contribution >= 0.6 is 0 Å². The van der Waals surface area contributed by atoms with Crippen LogP contribution in [0.3, 0.4) is 0 Å². The first kappa shape index (κ1) is 28.1. The Kier molecular flexibility index (Phi) is 29.7. The van der Waals surface area contributed by atoms with Gasteiger partial charge < -0.3 is 32.6 Å². The van der Waals surface area contributed by atoms with Crippen molar-refractivity contribution in [3.8, 4) is 0 Å². The van der Waals surface area contributed by atoms with Gasteiger partial charge in [0, 0.05) is 0 Å². The van der Waals surface area contributed by atoms with Crippen LogP contribution in [-0.2, 0) is 46.9 Å². The standard InChI is InChI=1S/C8H11NO.C7H11N.2W/c1-4-5-9-7(2)6-8(3)10;1-4-6-8-7(3)5-2;;/h4H2,1-3H3;4H2,1-3H3;;/q2*-2;2*+2. The van der Waals surface area contributed by atoms with E-state index in [4.69, 9.17) is 0 Å². The molecule has 0 fully saturated rings. The zero-order valence-corrected chi connectivity index (χ0v) is 18.9. The molecule has 0 aliphatic heterocycles. The van der Waals surface area contributed by atoms with Gasteiger partial charge in [-0.25, -0.2) is 6.92 Å². The second kappa shape index (κ2) is 21.2. The molecule has 3 nitrogen and oxygen atoms in total. The number of hydrogen-bond acceptors (Lipinski definition) is 3. The molecule has 0 N–H and O–H groups in total. The van der Waals surface area contributed by atoms with Gasteiger partial charge in [-0.15, -0.1) is 13.8 Å². The second-order valence-corrected chi connectivity index (χ2v) is 3.35. The summed E-state index contributed by atoms with van der Waals surface area (Å²) in [4.78, 5) is 18.1. The Balaban J connectivity index is -0.000000119. The zero-order chi connectivity index (χ0) is 14.4. The molecule has 0 aliphatic rings. The minimum atomic E-state index is -0.0980. The summed E-state index contributed by atoms with van der Waals surface area (Å²) in [6, 6.07) is 0. The van der Waals surface area contributed by atoms with Crippen molar-refractivity contribution in [1.82, 2.24) is 0 Å². The molecule has 0 rings (SSSR count). The molecule has 0 amide bonds. The predicted octanol–water partition coefficient (Wildman–Crippen LogP) is 3.71. The fourth-order valence-electron chi connectivity index (χ4n) is 0.734. The molecule has 0 aromatic rings. The molecule has 0 saturated carbocycles. The molecule has 0 heterocycles. The molecule has 0 aromatic heterocycles. The third-order valence-electron chi connectivity index (χ3n) is 1.53. The summed E-state index contributed by atoms with van der Waals surface area (Å²) in [6.45, 7) is 10.9. The van der Waals surface area contributed by atoms with Crippen molar-refractivity contribution < 1.29 is 46.9 Å². The van der Waals surface area contributed by atoms with E-state index in [0.29, 0.717) is 5.70 Å². The van der Waals surface area contributed by atoms with E-state index in [2.05, 4.69) is 34.6 Å². The maximum absolute atomic E-state index is 10.4. The van der Waals surface area contributed by atoms with E-state index >= 15 is 0 Å². The summed E-state index contributed by atoms with van der Waals surface area (Å²) < 4.78 is 0. The molecule has 0 bridgehead atoms. The summed E-state index contributed by atoms with van der Waals surface area (Å²) in [6.07, 6.45) is 12.6. The first-order chi connectivity index (χ1) is 8.47. The zero-order valence-electron chi connectivity index (χ0n) is 13.0. The van der Waals surface area contributed by atoms with E-state index in [1.807, 2.05) is 27.7 Å². The van der Waals surface area contributed by atoms with Crippen molar-refractivity contribution in [2.24, 2.45) is 9.98 Å². The van der Waals surface area contributed by atoms with Crippen LogP contribution in [0.4, 0.5) is 0 Å². The van der Waals surface area contributed by atoms with Gasteiger partial charge in [0.05, 0.1) is 0 Å². The fraction of sp³-hybridized carbons (Fsp3) is 0.533. The van der Waals surface area contributed by atoms with Gasteiger partial charge in [-0.3, -0.25) is 5.70 Å². The molecule has 0 aliphatic carbocycles. The molecule has 0 spiro atoms. The summed E-state index contributed by atoms with van der Waals surface area (Å²) in [5, 5.41) is 0. The normalized spacial score (nSPS) is 11.5. The monoisotopic (exact) mass is 614 g/mol. The minimum Gasteiger partial charge on any atom is -0.584 e. The average Bonchev–Trinajstić information content (AvgIpc) is 2.33. The maximum atomic E-state index is 10.4. The van der Waals surface area contributed by atoms with E-state index in [1.165, 1.54) is 6.92 Å². The van der Waals surface area contributed by atoms with Crippen LogP contribution in [0.25, 0.3) is 0 Å². The quantitative estimate of drug-likeness (QED) is 0.265. The van der Waals surface area contributed by atoms with Crippen molar-refractivity contribution in [2.45, 2.75) is 54.4 Å². The first-order valence-corrected chi connectivity index (χ1v) is 5.97. The predicted molar refractivity (Wildman–Crippen MR) is 76.7 cm³/mol. The van der Waals surface area contributed by atoms with Crippen LogP contribution in [0.1, 0.15) is 54.4 Å². The molecule has 0 saturated heterocycles. The van der Waals surface area contributed by atoms with Gasteiger partial charge in [0.15, 0.2) is 0 Å². The molecular formula is C15H22N2OW2. The minimum absolute atomic E-state index is 0. The van der Waals surface area contributed by atoms with Crippen LogP contribution in [0.15, 0.2) is 21.4 Å². The molecular weight excluding hydrogens is 592 g/mol. The summed E-state index contributed by atoms with van der Waals surface area (Å²) in [5.41, 5.74) is 1.50. The van der Waals surface area contributed by atoms with Crippen LogP contribution < -0.4 is 0 Å². The van der Waals surface area contributed by atoms with Gasteiger partial charge in [0.1, 0.15) is 0 Å². The topological polar surface area (TPSA) is 41.8 Å². The third-order valence-corrected chi connectivity index (χ3v) is 1.53. The number of carbonyl (C=O) groups excluding carboxylic acids is 1. The van der Waals surface area contributed by atoms with Crippen molar-refractivity contribution in [2.75, 3.05) is 0 Å². The third kappa shape index (κ3) is 26.4. The number of nitrogens with zero attached hydrogens (tertiary/aromatic N) is 2. The van der Waals surface area contributed by atoms with Gasteiger partial charge in [0.25, 0.3) is 0 Å². The summed E-state index contributed by atoms with van der Waals surface area (Å²) in [5.74, 6) is -0.0980. The summed E-state index contributed by atoms with van der Waals surface area (Å²) >= 11 is 0. The van der Waals surface area contributed by atoms with Gasteiger partial charge in [-0.2, -0.15) is 12.4 Å². The van der Waals surface area contributed by atoms with E-state index in [0.717, 1.165) is 18.5 Å². The Morgan fingerprint density at radius 1 is 0.900 bits per heavy atom. The van der Waals surface area contributed by atoms with Crippen LogP contribution in [0.5, 0.6) is 0 Å². The molecule has 0 atom stereocenters. The molecule has 0 unspecified atom stereocenters.